The summed E-state index contributed by atoms with van der Waals surface area (Å²) in [7, 11) is 0. The number of anilines is 1. The molecule has 1 aliphatic rings. The lowest BCUT2D eigenvalue weighted by molar-refractivity contribution is 0.0911. The Hall–Kier alpha value is -1.07. The highest BCUT2D eigenvalue weighted by atomic mass is 79.9. The third-order valence-electron chi connectivity index (χ3n) is 4.01. The number of piperidine rings is 1. The van der Waals surface area contributed by atoms with E-state index in [1.54, 1.807) is 12.1 Å². The van der Waals surface area contributed by atoms with Crippen LogP contribution in [0.15, 0.2) is 22.7 Å². The minimum Gasteiger partial charge on any atom is -0.398 e. The molecule has 5 heteroatoms. The van der Waals surface area contributed by atoms with Crippen LogP contribution in [0.25, 0.3) is 0 Å². The Morgan fingerprint density at radius 1 is 1.43 bits per heavy atom. The van der Waals surface area contributed by atoms with E-state index in [0.29, 0.717) is 11.3 Å². The molecule has 2 rings (SSSR count). The van der Waals surface area contributed by atoms with E-state index in [1.165, 1.54) is 19.4 Å². The first-order valence-electron chi connectivity index (χ1n) is 7.68. The van der Waals surface area contributed by atoms with Crippen molar-refractivity contribution in [1.29, 1.82) is 0 Å². The van der Waals surface area contributed by atoms with Crippen LogP contribution in [0.1, 0.15) is 43.0 Å². The van der Waals surface area contributed by atoms with Crippen molar-refractivity contribution in [2.75, 3.05) is 25.4 Å². The lowest BCUT2D eigenvalue weighted by atomic mass is 10.0. The van der Waals surface area contributed by atoms with Gasteiger partial charge in [0, 0.05) is 34.9 Å². The van der Waals surface area contributed by atoms with Crippen LogP contribution in [0.3, 0.4) is 0 Å². The molecular formula is C16H24BrN3O. The molecule has 1 aromatic rings. The van der Waals surface area contributed by atoms with Gasteiger partial charge in [0.05, 0.1) is 0 Å². The highest BCUT2D eigenvalue weighted by Gasteiger charge is 2.20. The lowest BCUT2D eigenvalue weighted by Crippen LogP contribution is -2.44. The number of halogens is 1. The molecule has 1 saturated heterocycles. The zero-order chi connectivity index (χ0) is 15.2. The number of likely N-dealkylation sites (tertiary alicyclic amines) is 1. The number of hydrogen-bond acceptors (Lipinski definition) is 3. The molecule has 1 aromatic carbocycles. The maximum atomic E-state index is 12.2. The molecule has 4 nitrogen and oxygen atoms in total. The van der Waals surface area contributed by atoms with Crippen LogP contribution in [0.5, 0.6) is 0 Å². The first-order valence-corrected chi connectivity index (χ1v) is 8.47. The standard InChI is InChI=1S/C16H24BrN3O/c1-2-3-8-20-9-6-13(7-10-20)19-16(21)12-4-5-14(17)15(18)11-12/h4-5,11,13H,2-3,6-10,18H2,1H3,(H,19,21). The number of nitrogen functional groups attached to an aromatic ring is 1. The Labute approximate surface area is 135 Å². The van der Waals surface area contributed by atoms with Gasteiger partial charge in [0.1, 0.15) is 0 Å². The van der Waals surface area contributed by atoms with Crippen LogP contribution in [0.4, 0.5) is 5.69 Å². The summed E-state index contributed by atoms with van der Waals surface area (Å²) in [5.74, 6) is -0.0267. The summed E-state index contributed by atoms with van der Waals surface area (Å²) in [4.78, 5) is 14.7. The number of nitrogens with one attached hydrogen (secondary N) is 1. The van der Waals surface area contributed by atoms with Crippen LogP contribution < -0.4 is 11.1 Å². The first kappa shape index (κ1) is 16.3. The maximum absolute atomic E-state index is 12.2. The average molecular weight is 354 g/mol. The largest absolute Gasteiger partial charge is 0.398 e. The summed E-state index contributed by atoms with van der Waals surface area (Å²) in [5.41, 5.74) is 7.05. The second kappa shape index (κ2) is 7.80. The minimum absolute atomic E-state index is 0.0267. The van der Waals surface area contributed by atoms with Crippen molar-refractivity contribution >= 4 is 27.5 Å². The van der Waals surface area contributed by atoms with Crippen molar-refractivity contribution in [2.45, 2.75) is 38.6 Å². The Bertz CT molecular complexity index is 484. The second-order valence-electron chi connectivity index (χ2n) is 5.68. The number of hydrogen-bond donors (Lipinski definition) is 2. The normalized spacial score (nSPS) is 16.9. The number of unbranched alkanes of at least 4 members (excludes halogenated alkanes) is 1. The topological polar surface area (TPSA) is 58.4 Å². The van der Waals surface area contributed by atoms with Gasteiger partial charge >= 0.3 is 0 Å². The maximum Gasteiger partial charge on any atom is 0.251 e. The smallest absolute Gasteiger partial charge is 0.251 e. The Morgan fingerprint density at radius 3 is 2.76 bits per heavy atom. The van der Waals surface area contributed by atoms with Crippen molar-refractivity contribution in [3.63, 3.8) is 0 Å². The van der Waals surface area contributed by atoms with E-state index < -0.39 is 0 Å². The molecule has 1 heterocycles. The lowest BCUT2D eigenvalue weighted by Gasteiger charge is -2.32. The summed E-state index contributed by atoms with van der Waals surface area (Å²) in [6.07, 6.45) is 4.56. The zero-order valence-corrected chi connectivity index (χ0v) is 14.2. The number of carbonyl (C=O) groups excluding carboxylic acids is 1. The molecule has 1 fully saturated rings. The van der Waals surface area contributed by atoms with Gasteiger partial charge in [0.25, 0.3) is 5.91 Å². The fourth-order valence-corrected chi connectivity index (χ4v) is 2.88. The summed E-state index contributed by atoms with van der Waals surface area (Å²) in [6.45, 7) is 5.55. The van der Waals surface area contributed by atoms with Crippen LogP contribution >= 0.6 is 15.9 Å². The molecule has 1 amide bonds. The minimum atomic E-state index is -0.0267. The number of amides is 1. The number of nitrogens with zero attached hydrogens (tertiary/aromatic N) is 1. The highest BCUT2D eigenvalue weighted by molar-refractivity contribution is 9.10. The van der Waals surface area contributed by atoms with Crippen molar-refractivity contribution in [3.8, 4) is 0 Å². The SMILES string of the molecule is CCCCN1CCC(NC(=O)c2ccc(Br)c(N)c2)CC1. The zero-order valence-electron chi connectivity index (χ0n) is 12.6. The molecule has 1 aliphatic heterocycles. The van der Waals surface area contributed by atoms with Crippen LogP contribution in [-0.2, 0) is 0 Å². The summed E-state index contributed by atoms with van der Waals surface area (Å²) >= 11 is 3.34. The van der Waals surface area contributed by atoms with Gasteiger partial charge in [-0.2, -0.15) is 0 Å². The van der Waals surface area contributed by atoms with Gasteiger partial charge in [-0.1, -0.05) is 13.3 Å². The Kier molecular flexibility index (Phi) is 6.06. The molecule has 0 aromatic heterocycles. The van der Waals surface area contributed by atoms with Gasteiger partial charge < -0.3 is 16.0 Å². The number of benzene rings is 1. The van der Waals surface area contributed by atoms with Gasteiger partial charge in [0.2, 0.25) is 0 Å². The summed E-state index contributed by atoms with van der Waals surface area (Å²) < 4.78 is 0.822. The molecule has 0 atom stereocenters. The van der Waals surface area contributed by atoms with Crippen molar-refractivity contribution in [3.05, 3.63) is 28.2 Å². The molecule has 0 unspecified atom stereocenters. The average Bonchev–Trinajstić information content (AvgIpc) is 2.49. The van der Waals surface area contributed by atoms with Crippen LogP contribution in [-0.4, -0.2) is 36.5 Å². The first-order chi connectivity index (χ1) is 10.1. The van der Waals surface area contributed by atoms with Crippen molar-refractivity contribution < 1.29 is 4.79 Å². The summed E-state index contributed by atoms with van der Waals surface area (Å²) in [5, 5.41) is 3.12. The molecular weight excluding hydrogens is 330 g/mol. The van der Waals surface area contributed by atoms with Crippen LogP contribution in [0, 0.1) is 0 Å². The second-order valence-corrected chi connectivity index (χ2v) is 6.53. The van der Waals surface area contributed by atoms with Gasteiger partial charge in [-0.05, 0) is 59.9 Å². The number of rotatable bonds is 5. The molecule has 116 valence electrons. The predicted molar refractivity (Wildman–Crippen MR) is 90.4 cm³/mol. The fourth-order valence-electron chi connectivity index (χ4n) is 2.64. The predicted octanol–water partition coefficient (Wildman–Crippen LogP) is 3.03. The Morgan fingerprint density at radius 2 is 2.14 bits per heavy atom. The third-order valence-corrected chi connectivity index (χ3v) is 4.73. The van der Waals surface area contributed by atoms with E-state index in [2.05, 4.69) is 33.1 Å². The van der Waals surface area contributed by atoms with E-state index in [9.17, 15) is 4.79 Å². The molecule has 3 N–H and O–H groups in total. The van der Waals surface area contributed by atoms with E-state index in [0.717, 1.165) is 30.4 Å². The highest BCUT2D eigenvalue weighted by Crippen LogP contribution is 2.20. The Balaban J connectivity index is 1.82. The molecule has 0 spiro atoms. The van der Waals surface area contributed by atoms with Gasteiger partial charge in [-0.25, -0.2) is 0 Å². The van der Waals surface area contributed by atoms with Crippen molar-refractivity contribution in [2.24, 2.45) is 0 Å². The quantitative estimate of drug-likeness (QED) is 0.799. The summed E-state index contributed by atoms with van der Waals surface area (Å²) in [6, 6.07) is 5.61. The molecule has 0 saturated carbocycles. The van der Waals surface area contributed by atoms with Gasteiger partial charge in [-0.3, -0.25) is 4.79 Å². The van der Waals surface area contributed by atoms with Crippen molar-refractivity contribution in [1.82, 2.24) is 10.2 Å². The number of carbonyl (C=O) groups is 1. The van der Waals surface area contributed by atoms with E-state index in [1.807, 2.05) is 6.07 Å². The van der Waals surface area contributed by atoms with E-state index in [4.69, 9.17) is 5.73 Å². The molecule has 21 heavy (non-hydrogen) atoms. The molecule has 0 aliphatic carbocycles. The third kappa shape index (κ3) is 4.71. The number of nitrogens with two attached hydrogens (primary N) is 1. The molecule has 0 bridgehead atoms. The monoisotopic (exact) mass is 353 g/mol. The fraction of sp³-hybridized carbons (Fsp3) is 0.562. The van der Waals surface area contributed by atoms with Gasteiger partial charge in [0.15, 0.2) is 0 Å². The van der Waals surface area contributed by atoms with Crippen LogP contribution in [0.2, 0.25) is 0 Å². The van der Waals surface area contributed by atoms with Gasteiger partial charge in [-0.15, -0.1) is 0 Å². The van der Waals surface area contributed by atoms with E-state index >= 15 is 0 Å². The molecule has 0 radical (unpaired) electrons. The van der Waals surface area contributed by atoms with E-state index in [-0.39, 0.29) is 11.9 Å².